The highest BCUT2D eigenvalue weighted by atomic mass is 16.5. The van der Waals surface area contributed by atoms with Crippen LogP contribution in [0.15, 0.2) is 60.7 Å². The van der Waals surface area contributed by atoms with E-state index in [1.807, 2.05) is 48.5 Å². The van der Waals surface area contributed by atoms with E-state index in [0.717, 1.165) is 18.4 Å². The molecule has 1 saturated heterocycles. The number of aryl methyl sites for hydroxylation is 1. The second-order valence-electron chi connectivity index (χ2n) is 6.57. The van der Waals surface area contributed by atoms with Gasteiger partial charge in [0.05, 0.1) is 38.5 Å². The van der Waals surface area contributed by atoms with Gasteiger partial charge >= 0.3 is 6.09 Å². The van der Waals surface area contributed by atoms with E-state index in [1.165, 1.54) is 10.5 Å². The molecule has 1 amide bonds. The lowest BCUT2D eigenvalue weighted by atomic mass is 10.0. The molecule has 2 unspecified atom stereocenters. The number of hydrogen-bond acceptors (Lipinski definition) is 3. The number of carbonyl (C=O) groups is 1. The monoisotopic (exact) mass is 355 g/mol. The van der Waals surface area contributed by atoms with Crippen molar-refractivity contribution in [1.29, 1.82) is 0 Å². The zero-order valence-corrected chi connectivity index (χ0v) is 14.8. The van der Waals surface area contributed by atoms with Gasteiger partial charge in [-0.15, -0.1) is 0 Å². The molecule has 2 aromatic rings. The van der Waals surface area contributed by atoms with Crippen molar-refractivity contribution in [3.8, 4) is 0 Å². The second kappa shape index (κ2) is 9.36. The Hall–Kier alpha value is -2.37. The molecule has 0 saturated carbocycles. The van der Waals surface area contributed by atoms with Crippen LogP contribution in [0.1, 0.15) is 17.5 Å². The van der Waals surface area contributed by atoms with Crippen LogP contribution in [-0.4, -0.2) is 48.0 Å². The highest BCUT2D eigenvalue weighted by molar-refractivity contribution is 5.65. The van der Waals surface area contributed by atoms with E-state index in [4.69, 9.17) is 9.47 Å². The van der Waals surface area contributed by atoms with Gasteiger partial charge in [0.25, 0.3) is 0 Å². The maximum Gasteiger partial charge on any atom is 0.407 e. The number of amides is 1. The number of benzene rings is 2. The van der Waals surface area contributed by atoms with E-state index < -0.39 is 6.09 Å². The largest absolute Gasteiger partial charge is 0.465 e. The molecule has 0 bridgehead atoms. The van der Waals surface area contributed by atoms with Crippen LogP contribution in [0.25, 0.3) is 0 Å². The Morgan fingerprint density at radius 1 is 1.08 bits per heavy atom. The summed E-state index contributed by atoms with van der Waals surface area (Å²) >= 11 is 0. The van der Waals surface area contributed by atoms with E-state index >= 15 is 0 Å². The average molecular weight is 355 g/mol. The predicted octanol–water partition coefficient (Wildman–Crippen LogP) is 3.58. The van der Waals surface area contributed by atoms with E-state index in [2.05, 4.69) is 12.1 Å². The Labute approximate surface area is 154 Å². The predicted molar refractivity (Wildman–Crippen MR) is 99.1 cm³/mol. The van der Waals surface area contributed by atoms with Crippen molar-refractivity contribution < 1.29 is 19.4 Å². The van der Waals surface area contributed by atoms with E-state index in [-0.39, 0.29) is 12.1 Å². The summed E-state index contributed by atoms with van der Waals surface area (Å²) in [5.74, 6) is 0. The Bertz CT molecular complexity index is 677. The van der Waals surface area contributed by atoms with Crippen LogP contribution in [0, 0.1) is 0 Å². The fraction of sp³-hybridized carbons (Fsp3) is 0.381. The van der Waals surface area contributed by atoms with Crippen LogP contribution < -0.4 is 0 Å². The van der Waals surface area contributed by atoms with Gasteiger partial charge in [0, 0.05) is 0 Å². The normalized spacial score (nSPS) is 20.1. The van der Waals surface area contributed by atoms with Crippen LogP contribution >= 0.6 is 0 Å². The van der Waals surface area contributed by atoms with Gasteiger partial charge in [-0.05, 0) is 24.0 Å². The summed E-state index contributed by atoms with van der Waals surface area (Å²) in [5, 5.41) is 9.56. The molecule has 5 nitrogen and oxygen atoms in total. The average Bonchev–Trinajstić information content (AvgIpc) is 2.68. The quantitative estimate of drug-likeness (QED) is 0.825. The minimum absolute atomic E-state index is 0.113. The lowest BCUT2D eigenvalue weighted by molar-refractivity contribution is -0.0895. The molecule has 1 N–H and O–H groups in total. The van der Waals surface area contributed by atoms with Crippen molar-refractivity contribution in [2.75, 3.05) is 19.8 Å². The third-order valence-corrected chi connectivity index (χ3v) is 4.64. The molecule has 5 heteroatoms. The number of carboxylic acid groups (broad SMARTS) is 1. The highest BCUT2D eigenvalue weighted by Crippen LogP contribution is 2.18. The summed E-state index contributed by atoms with van der Waals surface area (Å²) in [6.45, 7) is 1.66. The van der Waals surface area contributed by atoms with Gasteiger partial charge in [-0.2, -0.15) is 0 Å². The molecule has 3 rings (SSSR count). The lowest BCUT2D eigenvalue weighted by Gasteiger charge is -2.38. The van der Waals surface area contributed by atoms with Gasteiger partial charge in [0.2, 0.25) is 0 Å². The van der Waals surface area contributed by atoms with Crippen molar-refractivity contribution in [3.05, 3.63) is 71.8 Å². The standard InChI is InChI=1S/C21H25NO4/c23-21(24)22-13-20(16-25-14-18-9-5-2-6-10-18)26-15-19(22)12-11-17-7-3-1-4-8-17/h1-10,19-20H,11-16H2,(H,23,24). The van der Waals surface area contributed by atoms with E-state index in [1.54, 1.807) is 0 Å². The molecule has 2 aromatic carbocycles. The minimum atomic E-state index is -0.889. The first-order valence-corrected chi connectivity index (χ1v) is 8.99. The highest BCUT2D eigenvalue weighted by Gasteiger charge is 2.32. The van der Waals surface area contributed by atoms with Gasteiger partial charge in [0.1, 0.15) is 0 Å². The molecule has 26 heavy (non-hydrogen) atoms. The first kappa shape index (κ1) is 18.4. The fourth-order valence-electron chi connectivity index (χ4n) is 3.19. The molecule has 0 radical (unpaired) electrons. The van der Waals surface area contributed by atoms with Crippen molar-refractivity contribution >= 4 is 6.09 Å². The Kier molecular flexibility index (Phi) is 6.63. The van der Waals surface area contributed by atoms with Gasteiger partial charge in [-0.3, -0.25) is 0 Å². The second-order valence-corrected chi connectivity index (χ2v) is 6.57. The molecule has 1 heterocycles. The summed E-state index contributed by atoms with van der Waals surface area (Å²) in [6, 6.07) is 19.9. The zero-order chi connectivity index (χ0) is 18.2. The lowest BCUT2D eigenvalue weighted by Crippen LogP contribution is -2.53. The summed E-state index contributed by atoms with van der Waals surface area (Å²) in [5.41, 5.74) is 2.31. The van der Waals surface area contributed by atoms with Crippen molar-refractivity contribution in [2.24, 2.45) is 0 Å². The van der Waals surface area contributed by atoms with E-state index in [9.17, 15) is 9.90 Å². The Balaban J connectivity index is 1.47. The number of morpholine rings is 1. The molecular formula is C21H25NO4. The van der Waals surface area contributed by atoms with Crippen molar-refractivity contribution in [1.82, 2.24) is 4.90 Å². The molecule has 2 atom stereocenters. The number of rotatable bonds is 7. The number of nitrogens with zero attached hydrogens (tertiary/aromatic N) is 1. The zero-order valence-electron chi connectivity index (χ0n) is 14.8. The molecule has 1 fully saturated rings. The summed E-state index contributed by atoms with van der Waals surface area (Å²) in [4.78, 5) is 13.1. The first-order chi connectivity index (χ1) is 12.7. The Morgan fingerprint density at radius 3 is 2.38 bits per heavy atom. The number of hydrogen-bond donors (Lipinski definition) is 1. The van der Waals surface area contributed by atoms with Gasteiger partial charge in [0.15, 0.2) is 0 Å². The fourth-order valence-corrected chi connectivity index (χ4v) is 3.19. The van der Waals surface area contributed by atoms with Crippen molar-refractivity contribution in [3.63, 3.8) is 0 Å². The van der Waals surface area contributed by atoms with Crippen LogP contribution in [0.3, 0.4) is 0 Å². The van der Waals surface area contributed by atoms with Crippen LogP contribution in [-0.2, 0) is 22.5 Å². The SMILES string of the molecule is O=C(O)N1CC(COCc2ccccc2)OCC1CCc1ccccc1. The maximum atomic E-state index is 11.6. The van der Waals surface area contributed by atoms with Gasteiger partial charge < -0.3 is 19.5 Å². The van der Waals surface area contributed by atoms with Crippen LogP contribution in [0.2, 0.25) is 0 Å². The van der Waals surface area contributed by atoms with Crippen molar-refractivity contribution in [2.45, 2.75) is 31.6 Å². The number of ether oxygens (including phenoxy) is 2. The molecule has 0 aliphatic carbocycles. The minimum Gasteiger partial charge on any atom is -0.465 e. The summed E-state index contributed by atoms with van der Waals surface area (Å²) in [6.07, 6.45) is 0.490. The van der Waals surface area contributed by atoms with Gasteiger partial charge in [-0.25, -0.2) is 4.79 Å². The maximum absolute atomic E-state index is 11.6. The molecule has 1 aliphatic rings. The molecule has 0 spiro atoms. The van der Waals surface area contributed by atoms with E-state index in [0.29, 0.717) is 26.4 Å². The first-order valence-electron chi connectivity index (χ1n) is 8.99. The summed E-state index contributed by atoms with van der Waals surface area (Å²) < 4.78 is 11.6. The third-order valence-electron chi connectivity index (χ3n) is 4.64. The topological polar surface area (TPSA) is 59.0 Å². The summed E-state index contributed by atoms with van der Waals surface area (Å²) in [7, 11) is 0. The smallest absolute Gasteiger partial charge is 0.407 e. The van der Waals surface area contributed by atoms with Gasteiger partial charge in [-0.1, -0.05) is 60.7 Å². The molecule has 1 aliphatic heterocycles. The molecule has 0 aromatic heterocycles. The third kappa shape index (κ3) is 5.31. The molecule has 138 valence electrons. The molecular weight excluding hydrogens is 330 g/mol. The van der Waals surface area contributed by atoms with Crippen LogP contribution in [0.4, 0.5) is 4.79 Å². The van der Waals surface area contributed by atoms with Crippen LogP contribution in [0.5, 0.6) is 0 Å². The Morgan fingerprint density at radius 2 is 1.73 bits per heavy atom.